The van der Waals surface area contributed by atoms with E-state index < -0.39 is 0 Å². The SMILES string of the molecule is Cc1cccc(OCC(=O)NCCc2nc(C)c(C)s2)c1. The molecule has 0 unspecified atom stereocenters. The van der Waals surface area contributed by atoms with Crippen LogP contribution in [0.5, 0.6) is 5.75 Å². The Kier molecular flexibility index (Phi) is 5.33. The number of ether oxygens (including phenoxy) is 1. The van der Waals surface area contributed by atoms with Crippen molar-refractivity contribution in [3.8, 4) is 5.75 Å². The van der Waals surface area contributed by atoms with E-state index in [1.807, 2.05) is 38.1 Å². The molecule has 0 saturated heterocycles. The van der Waals surface area contributed by atoms with Crippen LogP contribution in [0.4, 0.5) is 0 Å². The normalized spacial score (nSPS) is 10.4. The van der Waals surface area contributed by atoms with Gasteiger partial charge in [0.15, 0.2) is 6.61 Å². The smallest absolute Gasteiger partial charge is 0.257 e. The number of aryl methyl sites for hydroxylation is 3. The van der Waals surface area contributed by atoms with Crippen LogP contribution in [0.2, 0.25) is 0 Å². The highest BCUT2D eigenvalue weighted by molar-refractivity contribution is 7.11. The summed E-state index contributed by atoms with van der Waals surface area (Å²) >= 11 is 1.68. The zero-order chi connectivity index (χ0) is 15.2. The van der Waals surface area contributed by atoms with Crippen molar-refractivity contribution in [2.75, 3.05) is 13.2 Å². The minimum Gasteiger partial charge on any atom is -0.484 e. The average molecular weight is 304 g/mol. The third kappa shape index (κ3) is 4.86. The van der Waals surface area contributed by atoms with Crippen LogP contribution in [0.15, 0.2) is 24.3 Å². The number of benzene rings is 1. The Bertz CT molecular complexity index is 603. The van der Waals surface area contributed by atoms with E-state index in [-0.39, 0.29) is 12.5 Å². The predicted molar refractivity (Wildman–Crippen MR) is 85.0 cm³/mol. The maximum Gasteiger partial charge on any atom is 0.257 e. The fourth-order valence-electron chi connectivity index (χ4n) is 1.86. The van der Waals surface area contributed by atoms with Crippen molar-refractivity contribution in [3.63, 3.8) is 0 Å². The molecule has 0 radical (unpaired) electrons. The van der Waals surface area contributed by atoms with Gasteiger partial charge in [0.25, 0.3) is 5.91 Å². The molecule has 0 fully saturated rings. The molecule has 1 aromatic carbocycles. The molecule has 0 bridgehead atoms. The molecule has 0 aliphatic heterocycles. The summed E-state index contributed by atoms with van der Waals surface area (Å²) in [5, 5.41) is 3.91. The lowest BCUT2D eigenvalue weighted by molar-refractivity contribution is -0.123. The van der Waals surface area contributed by atoms with E-state index in [0.29, 0.717) is 6.54 Å². The van der Waals surface area contributed by atoms with E-state index in [1.54, 1.807) is 11.3 Å². The molecule has 0 atom stereocenters. The van der Waals surface area contributed by atoms with Crippen LogP contribution in [0.25, 0.3) is 0 Å². The van der Waals surface area contributed by atoms with Crippen LogP contribution in [0.1, 0.15) is 21.1 Å². The van der Waals surface area contributed by atoms with E-state index in [9.17, 15) is 4.79 Å². The Hall–Kier alpha value is -1.88. The number of amides is 1. The molecular formula is C16H20N2O2S. The molecule has 1 N–H and O–H groups in total. The van der Waals surface area contributed by atoms with Gasteiger partial charge in [-0.15, -0.1) is 11.3 Å². The molecule has 4 nitrogen and oxygen atoms in total. The molecule has 2 aromatic rings. The second-order valence-corrected chi connectivity index (χ2v) is 6.24. The van der Waals surface area contributed by atoms with Crippen molar-refractivity contribution in [1.82, 2.24) is 10.3 Å². The summed E-state index contributed by atoms with van der Waals surface area (Å²) in [6.45, 7) is 6.68. The molecule has 2 rings (SSSR count). The van der Waals surface area contributed by atoms with Gasteiger partial charge in [-0.25, -0.2) is 4.98 Å². The van der Waals surface area contributed by atoms with Crippen LogP contribution in [0.3, 0.4) is 0 Å². The number of nitrogens with zero attached hydrogens (tertiary/aromatic N) is 1. The summed E-state index contributed by atoms with van der Waals surface area (Å²) in [5.74, 6) is 0.609. The quantitative estimate of drug-likeness (QED) is 0.893. The fraction of sp³-hybridized carbons (Fsp3) is 0.375. The first kappa shape index (κ1) is 15.5. The lowest BCUT2D eigenvalue weighted by Gasteiger charge is -2.07. The second-order valence-electron chi connectivity index (χ2n) is 4.95. The van der Waals surface area contributed by atoms with Gasteiger partial charge < -0.3 is 10.1 Å². The van der Waals surface area contributed by atoms with Gasteiger partial charge in [0.1, 0.15) is 5.75 Å². The number of rotatable bonds is 6. The van der Waals surface area contributed by atoms with Crippen LogP contribution in [0, 0.1) is 20.8 Å². The van der Waals surface area contributed by atoms with Crippen molar-refractivity contribution < 1.29 is 9.53 Å². The first-order valence-corrected chi connectivity index (χ1v) is 7.75. The number of hydrogen-bond acceptors (Lipinski definition) is 4. The minimum atomic E-state index is -0.110. The van der Waals surface area contributed by atoms with Crippen molar-refractivity contribution >= 4 is 17.2 Å². The van der Waals surface area contributed by atoms with E-state index in [1.165, 1.54) is 4.88 Å². The van der Waals surface area contributed by atoms with E-state index in [0.717, 1.165) is 28.4 Å². The van der Waals surface area contributed by atoms with Gasteiger partial charge in [0.2, 0.25) is 0 Å². The Morgan fingerprint density at radius 3 is 2.81 bits per heavy atom. The van der Waals surface area contributed by atoms with Crippen molar-refractivity contribution in [3.05, 3.63) is 45.4 Å². The predicted octanol–water partition coefficient (Wildman–Crippen LogP) is 2.81. The van der Waals surface area contributed by atoms with Crippen LogP contribution in [-0.2, 0) is 11.2 Å². The fourth-order valence-corrected chi connectivity index (χ4v) is 2.79. The molecule has 21 heavy (non-hydrogen) atoms. The highest BCUT2D eigenvalue weighted by Crippen LogP contribution is 2.16. The Labute approximate surface area is 129 Å². The zero-order valence-electron chi connectivity index (χ0n) is 12.6. The van der Waals surface area contributed by atoms with Crippen molar-refractivity contribution in [2.45, 2.75) is 27.2 Å². The Balaban J connectivity index is 1.70. The van der Waals surface area contributed by atoms with Gasteiger partial charge >= 0.3 is 0 Å². The zero-order valence-corrected chi connectivity index (χ0v) is 13.4. The summed E-state index contributed by atoms with van der Waals surface area (Å²) in [5.41, 5.74) is 2.19. The third-order valence-corrected chi connectivity index (χ3v) is 4.23. The van der Waals surface area contributed by atoms with Crippen LogP contribution >= 0.6 is 11.3 Å². The van der Waals surface area contributed by atoms with Gasteiger partial charge in [-0.2, -0.15) is 0 Å². The second kappa shape index (κ2) is 7.22. The molecule has 112 valence electrons. The highest BCUT2D eigenvalue weighted by atomic mass is 32.1. The number of aromatic nitrogens is 1. The molecule has 5 heteroatoms. The lowest BCUT2D eigenvalue weighted by atomic mass is 10.2. The van der Waals surface area contributed by atoms with E-state index in [4.69, 9.17) is 4.74 Å². The van der Waals surface area contributed by atoms with Gasteiger partial charge in [-0.05, 0) is 38.5 Å². The molecular weight excluding hydrogens is 284 g/mol. The van der Waals surface area contributed by atoms with E-state index in [2.05, 4.69) is 17.2 Å². The lowest BCUT2D eigenvalue weighted by Crippen LogP contribution is -2.30. The van der Waals surface area contributed by atoms with Crippen LogP contribution in [-0.4, -0.2) is 24.0 Å². The largest absolute Gasteiger partial charge is 0.484 e. The summed E-state index contributed by atoms with van der Waals surface area (Å²) < 4.78 is 5.45. The van der Waals surface area contributed by atoms with Gasteiger partial charge in [0, 0.05) is 17.8 Å². The first-order valence-electron chi connectivity index (χ1n) is 6.93. The number of carbonyl (C=O) groups is 1. The maximum absolute atomic E-state index is 11.7. The van der Waals surface area contributed by atoms with Gasteiger partial charge in [-0.3, -0.25) is 4.79 Å². The monoisotopic (exact) mass is 304 g/mol. The molecule has 0 spiro atoms. The standard InChI is InChI=1S/C16H20N2O2S/c1-11-5-4-6-14(9-11)20-10-15(19)17-8-7-16-18-12(2)13(3)21-16/h4-6,9H,7-8,10H2,1-3H3,(H,17,19). The molecule has 0 saturated carbocycles. The summed E-state index contributed by atoms with van der Waals surface area (Å²) in [7, 11) is 0. The minimum absolute atomic E-state index is 0.0410. The number of hydrogen-bond donors (Lipinski definition) is 1. The maximum atomic E-state index is 11.7. The summed E-state index contributed by atoms with van der Waals surface area (Å²) in [6, 6.07) is 7.66. The summed E-state index contributed by atoms with van der Waals surface area (Å²) in [6.07, 6.45) is 0.759. The number of thiazole rings is 1. The molecule has 0 aliphatic carbocycles. The topological polar surface area (TPSA) is 51.2 Å². The highest BCUT2D eigenvalue weighted by Gasteiger charge is 2.06. The first-order chi connectivity index (χ1) is 10.0. The van der Waals surface area contributed by atoms with Gasteiger partial charge in [0.05, 0.1) is 10.7 Å². The number of nitrogens with one attached hydrogen (secondary N) is 1. The van der Waals surface area contributed by atoms with Gasteiger partial charge in [-0.1, -0.05) is 12.1 Å². The Morgan fingerprint density at radius 2 is 2.14 bits per heavy atom. The summed E-state index contributed by atoms with van der Waals surface area (Å²) in [4.78, 5) is 17.4. The van der Waals surface area contributed by atoms with Crippen molar-refractivity contribution in [2.24, 2.45) is 0 Å². The number of carbonyl (C=O) groups excluding carboxylic acids is 1. The third-order valence-electron chi connectivity index (χ3n) is 3.09. The van der Waals surface area contributed by atoms with Crippen molar-refractivity contribution in [1.29, 1.82) is 0 Å². The molecule has 1 aromatic heterocycles. The van der Waals surface area contributed by atoms with Crippen LogP contribution < -0.4 is 10.1 Å². The average Bonchev–Trinajstić information content (AvgIpc) is 2.75. The molecule has 1 amide bonds. The molecule has 1 heterocycles. The Morgan fingerprint density at radius 1 is 1.33 bits per heavy atom. The molecule has 0 aliphatic rings. The van der Waals surface area contributed by atoms with E-state index >= 15 is 0 Å².